The van der Waals surface area contributed by atoms with Gasteiger partial charge in [-0.3, -0.25) is 4.79 Å². The van der Waals surface area contributed by atoms with Crippen LogP contribution < -0.4 is 5.32 Å². The zero-order chi connectivity index (χ0) is 12.1. The van der Waals surface area contributed by atoms with Crippen LogP contribution in [0.5, 0.6) is 0 Å². The van der Waals surface area contributed by atoms with Crippen molar-refractivity contribution in [3.05, 3.63) is 59.5 Å². The Morgan fingerprint density at radius 3 is 2.88 bits per heavy atom. The van der Waals surface area contributed by atoms with Gasteiger partial charge in [0.05, 0.1) is 12.7 Å². The summed E-state index contributed by atoms with van der Waals surface area (Å²) >= 11 is 0. The van der Waals surface area contributed by atoms with Crippen molar-refractivity contribution in [3.8, 4) is 0 Å². The van der Waals surface area contributed by atoms with E-state index < -0.39 is 0 Å². The largest absolute Gasteiger partial charge is 0.469 e. The third kappa shape index (κ3) is 3.48. The highest BCUT2D eigenvalue weighted by Crippen LogP contribution is 2.04. The quantitative estimate of drug-likeness (QED) is 0.875. The van der Waals surface area contributed by atoms with Crippen LogP contribution in [0.2, 0.25) is 0 Å². The van der Waals surface area contributed by atoms with Crippen LogP contribution in [-0.4, -0.2) is 5.91 Å². The molecule has 0 bridgehead atoms. The molecule has 0 atom stereocenters. The molecule has 0 saturated heterocycles. The van der Waals surface area contributed by atoms with Gasteiger partial charge in [-0.2, -0.15) is 0 Å². The molecule has 2 rings (SSSR count). The van der Waals surface area contributed by atoms with Crippen LogP contribution in [0.15, 0.2) is 47.1 Å². The molecule has 1 N–H and O–H groups in total. The van der Waals surface area contributed by atoms with Gasteiger partial charge in [0.15, 0.2) is 0 Å². The molecule has 0 aliphatic carbocycles. The highest BCUT2D eigenvalue weighted by Gasteiger charge is 2.04. The maximum Gasteiger partial charge on any atom is 0.227 e. The summed E-state index contributed by atoms with van der Waals surface area (Å²) in [5.74, 6) is 0.660. The second kappa shape index (κ2) is 5.34. The number of benzene rings is 1. The molecule has 0 aliphatic heterocycles. The third-order valence-electron chi connectivity index (χ3n) is 2.49. The Morgan fingerprint density at radius 1 is 1.29 bits per heavy atom. The Morgan fingerprint density at radius 2 is 2.18 bits per heavy atom. The number of carbonyl (C=O) groups excluding carboxylic acids is 1. The van der Waals surface area contributed by atoms with Crippen LogP contribution in [0.1, 0.15) is 16.9 Å². The third-order valence-corrected chi connectivity index (χ3v) is 2.49. The maximum absolute atomic E-state index is 11.6. The molecule has 1 amide bonds. The van der Waals surface area contributed by atoms with Crippen LogP contribution in [-0.2, 0) is 17.8 Å². The lowest BCUT2D eigenvalue weighted by Gasteiger charge is -2.05. The van der Waals surface area contributed by atoms with E-state index in [0.717, 1.165) is 5.56 Å². The smallest absolute Gasteiger partial charge is 0.227 e. The lowest BCUT2D eigenvalue weighted by Crippen LogP contribution is -2.24. The molecule has 17 heavy (non-hydrogen) atoms. The summed E-state index contributed by atoms with van der Waals surface area (Å²) in [7, 11) is 0. The molecule has 1 aromatic carbocycles. The summed E-state index contributed by atoms with van der Waals surface area (Å²) in [5, 5.41) is 2.87. The zero-order valence-electron chi connectivity index (χ0n) is 9.77. The molecule has 88 valence electrons. The summed E-state index contributed by atoms with van der Waals surface area (Å²) in [6, 6.07) is 11.7. The van der Waals surface area contributed by atoms with Gasteiger partial charge in [0.1, 0.15) is 5.76 Å². The van der Waals surface area contributed by atoms with E-state index in [2.05, 4.69) is 11.4 Å². The summed E-state index contributed by atoms with van der Waals surface area (Å²) in [4.78, 5) is 11.6. The number of nitrogens with one attached hydrogen (secondary N) is 1. The molecule has 2 aromatic rings. The van der Waals surface area contributed by atoms with E-state index in [0.29, 0.717) is 18.7 Å². The van der Waals surface area contributed by atoms with Gasteiger partial charge < -0.3 is 9.73 Å². The Hall–Kier alpha value is -2.03. The molecular formula is C14H15NO2. The average Bonchev–Trinajstić information content (AvgIpc) is 2.79. The van der Waals surface area contributed by atoms with E-state index in [1.165, 1.54) is 5.56 Å². The van der Waals surface area contributed by atoms with E-state index in [4.69, 9.17) is 4.42 Å². The van der Waals surface area contributed by atoms with Gasteiger partial charge in [-0.05, 0) is 24.6 Å². The Balaban J connectivity index is 1.84. The van der Waals surface area contributed by atoms with Crippen LogP contribution in [0.25, 0.3) is 0 Å². The number of furan rings is 1. The molecule has 3 heteroatoms. The average molecular weight is 229 g/mol. The highest BCUT2D eigenvalue weighted by molar-refractivity contribution is 5.77. The highest BCUT2D eigenvalue weighted by atomic mass is 16.3. The Bertz CT molecular complexity index is 489. The monoisotopic (exact) mass is 229 g/mol. The number of carbonyl (C=O) groups is 1. The minimum Gasteiger partial charge on any atom is -0.469 e. The first-order valence-electron chi connectivity index (χ1n) is 5.58. The van der Waals surface area contributed by atoms with Crippen molar-refractivity contribution in [1.29, 1.82) is 0 Å². The minimum absolute atomic E-state index is 0.0264. The molecular weight excluding hydrogens is 214 g/mol. The first-order chi connectivity index (χ1) is 8.24. The normalized spacial score (nSPS) is 10.2. The van der Waals surface area contributed by atoms with E-state index >= 15 is 0 Å². The number of amides is 1. The summed E-state index contributed by atoms with van der Waals surface area (Å²) in [5.41, 5.74) is 2.31. The second-order valence-electron chi connectivity index (χ2n) is 4.02. The summed E-state index contributed by atoms with van der Waals surface area (Å²) in [6.07, 6.45) is 1.86. The predicted octanol–water partition coefficient (Wildman–Crippen LogP) is 2.45. The fourth-order valence-electron chi connectivity index (χ4n) is 1.66. The molecule has 0 radical (unpaired) electrons. The molecule has 0 unspecified atom stereocenters. The van der Waals surface area contributed by atoms with Gasteiger partial charge in [0.25, 0.3) is 0 Å². The molecule has 1 aromatic heterocycles. The first kappa shape index (κ1) is 11.5. The lowest BCUT2D eigenvalue weighted by atomic mass is 10.1. The van der Waals surface area contributed by atoms with Crippen molar-refractivity contribution < 1.29 is 9.21 Å². The second-order valence-corrected chi connectivity index (χ2v) is 4.02. The first-order valence-corrected chi connectivity index (χ1v) is 5.58. The van der Waals surface area contributed by atoms with E-state index in [1.807, 2.05) is 25.1 Å². The molecule has 1 heterocycles. The zero-order valence-corrected chi connectivity index (χ0v) is 9.77. The van der Waals surface area contributed by atoms with Crippen molar-refractivity contribution in [2.45, 2.75) is 19.9 Å². The molecule has 3 nitrogen and oxygen atoms in total. The van der Waals surface area contributed by atoms with Gasteiger partial charge in [-0.1, -0.05) is 29.8 Å². The topological polar surface area (TPSA) is 42.2 Å². The van der Waals surface area contributed by atoms with Crippen LogP contribution >= 0.6 is 0 Å². The van der Waals surface area contributed by atoms with Gasteiger partial charge in [0, 0.05) is 6.54 Å². The SMILES string of the molecule is Cc1cccc(CNC(=O)Cc2ccco2)c1. The van der Waals surface area contributed by atoms with Crippen molar-refractivity contribution >= 4 is 5.91 Å². The van der Waals surface area contributed by atoms with Crippen molar-refractivity contribution in [1.82, 2.24) is 5.32 Å². The number of hydrogen-bond acceptors (Lipinski definition) is 2. The van der Waals surface area contributed by atoms with E-state index in [1.54, 1.807) is 18.4 Å². The Labute approximate surface area is 100 Å². The lowest BCUT2D eigenvalue weighted by molar-refractivity contribution is -0.120. The van der Waals surface area contributed by atoms with Crippen molar-refractivity contribution in [2.75, 3.05) is 0 Å². The van der Waals surface area contributed by atoms with Gasteiger partial charge in [-0.25, -0.2) is 0 Å². The van der Waals surface area contributed by atoms with Crippen LogP contribution in [0.4, 0.5) is 0 Å². The standard InChI is InChI=1S/C14H15NO2/c1-11-4-2-5-12(8-11)10-15-14(16)9-13-6-3-7-17-13/h2-8H,9-10H2,1H3,(H,15,16). The maximum atomic E-state index is 11.6. The molecule has 0 spiro atoms. The summed E-state index contributed by atoms with van der Waals surface area (Å²) < 4.78 is 5.11. The number of aryl methyl sites for hydroxylation is 1. The predicted molar refractivity (Wildman–Crippen MR) is 65.4 cm³/mol. The van der Waals surface area contributed by atoms with Gasteiger partial charge in [0.2, 0.25) is 5.91 Å². The minimum atomic E-state index is -0.0264. The fourth-order valence-corrected chi connectivity index (χ4v) is 1.66. The van der Waals surface area contributed by atoms with E-state index in [-0.39, 0.29) is 5.91 Å². The fraction of sp³-hybridized carbons (Fsp3) is 0.214. The van der Waals surface area contributed by atoms with Gasteiger partial charge >= 0.3 is 0 Å². The van der Waals surface area contributed by atoms with Crippen molar-refractivity contribution in [3.63, 3.8) is 0 Å². The molecule has 0 fully saturated rings. The number of hydrogen-bond donors (Lipinski definition) is 1. The summed E-state index contributed by atoms with van der Waals surface area (Å²) in [6.45, 7) is 2.59. The van der Waals surface area contributed by atoms with Crippen LogP contribution in [0.3, 0.4) is 0 Å². The Kier molecular flexibility index (Phi) is 3.60. The van der Waals surface area contributed by atoms with Gasteiger partial charge in [-0.15, -0.1) is 0 Å². The molecule has 0 saturated carbocycles. The van der Waals surface area contributed by atoms with Crippen LogP contribution in [0, 0.1) is 6.92 Å². The van der Waals surface area contributed by atoms with Crippen molar-refractivity contribution in [2.24, 2.45) is 0 Å². The molecule has 0 aliphatic rings. The van der Waals surface area contributed by atoms with E-state index in [9.17, 15) is 4.79 Å². The number of rotatable bonds is 4.